The highest BCUT2D eigenvalue weighted by atomic mass is 127. The normalized spacial score (nSPS) is 10.5. The van der Waals surface area contributed by atoms with Gasteiger partial charge < -0.3 is 4.98 Å². The molecule has 1 aromatic carbocycles. The lowest BCUT2D eigenvalue weighted by Gasteiger charge is -2.05. The number of benzene rings is 1. The molecule has 0 atom stereocenters. The van der Waals surface area contributed by atoms with Crippen molar-refractivity contribution in [3.8, 4) is 0 Å². The molecule has 17 heavy (non-hydrogen) atoms. The van der Waals surface area contributed by atoms with E-state index < -0.39 is 11.6 Å². The number of aromatic nitrogens is 1. The van der Waals surface area contributed by atoms with Crippen molar-refractivity contribution in [1.29, 1.82) is 0 Å². The van der Waals surface area contributed by atoms with Gasteiger partial charge in [0.2, 0.25) is 0 Å². The summed E-state index contributed by atoms with van der Waals surface area (Å²) in [7, 11) is 0. The van der Waals surface area contributed by atoms with Crippen LogP contribution in [0, 0.1) is 15.2 Å². The van der Waals surface area contributed by atoms with Crippen LogP contribution in [0.5, 0.6) is 0 Å². The SMILES string of the molecule is O=c1[nH]cc(Cc2c(F)cccc2F)cc1I. The van der Waals surface area contributed by atoms with Gasteiger partial charge in [-0.25, -0.2) is 8.78 Å². The van der Waals surface area contributed by atoms with E-state index in [9.17, 15) is 13.6 Å². The molecule has 0 saturated carbocycles. The van der Waals surface area contributed by atoms with Gasteiger partial charge in [-0.05, 0) is 46.4 Å². The summed E-state index contributed by atoms with van der Waals surface area (Å²) in [6.07, 6.45) is 1.58. The van der Waals surface area contributed by atoms with Crippen molar-refractivity contribution in [3.05, 3.63) is 67.1 Å². The molecule has 0 bridgehead atoms. The molecule has 0 fully saturated rings. The van der Waals surface area contributed by atoms with Gasteiger partial charge >= 0.3 is 0 Å². The number of rotatable bonds is 2. The van der Waals surface area contributed by atoms with Gasteiger partial charge in [-0.3, -0.25) is 4.79 Å². The first-order valence-corrected chi connectivity index (χ1v) is 5.96. The number of pyridine rings is 1. The predicted molar refractivity (Wildman–Crippen MR) is 68.9 cm³/mol. The van der Waals surface area contributed by atoms with Crippen LogP contribution < -0.4 is 5.56 Å². The summed E-state index contributed by atoms with van der Waals surface area (Å²) in [5, 5.41) is 0. The van der Waals surface area contributed by atoms with Gasteiger partial charge in [0.25, 0.3) is 5.56 Å². The van der Waals surface area contributed by atoms with Gasteiger partial charge in [0.15, 0.2) is 0 Å². The number of H-pyrrole nitrogens is 1. The number of hydrogen-bond donors (Lipinski definition) is 1. The fourth-order valence-electron chi connectivity index (χ4n) is 1.50. The third-order valence-corrected chi connectivity index (χ3v) is 3.16. The fraction of sp³-hybridized carbons (Fsp3) is 0.0833. The molecule has 0 unspecified atom stereocenters. The lowest BCUT2D eigenvalue weighted by Crippen LogP contribution is -2.10. The molecule has 88 valence electrons. The second-order valence-electron chi connectivity index (χ2n) is 3.56. The van der Waals surface area contributed by atoms with Crippen LogP contribution in [0.1, 0.15) is 11.1 Å². The molecule has 1 aromatic heterocycles. The first-order chi connectivity index (χ1) is 8.08. The van der Waals surface area contributed by atoms with Crippen molar-refractivity contribution in [1.82, 2.24) is 4.98 Å². The van der Waals surface area contributed by atoms with Crippen molar-refractivity contribution in [2.45, 2.75) is 6.42 Å². The number of aromatic amines is 1. The van der Waals surface area contributed by atoms with Crippen LogP contribution >= 0.6 is 22.6 Å². The van der Waals surface area contributed by atoms with E-state index in [0.29, 0.717) is 9.13 Å². The van der Waals surface area contributed by atoms with Gasteiger partial charge in [0, 0.05) is 18.2 Å². The average Bonchev–Trinajstić information content (AvgIpc) is 2.28. The molecule has 2 aromatic rings. The van der Waals surface area contributed by atoms with Crippen molar-refractivity contribution in [3.63, 3.8) is 0 Å². The number of nitrogens with one attached hydrogen (secondary N) is 1. The van der Waals surface area contributed by atoms with Crippen LogP contribution in [0.15, 0.2) is 35.3 Å². The first kappa shape index (κ1) is 12.2. The van der Waals surface area contributed by atoms with Crippen LogP contribution in [0.3, 0.4) is 0 Å². The molecule has 2 nitrogen and oxygen atoms in total. The van der Waals surface area contributed by atoms with Crippen LogP contribution in [-0.4, -0.2) is 4.98 Å². The van der Waals surface area contributed by atoms with Crippen molar-refractivity contribution < 1.29 is 8.78 Å². The Morgan fingerprint density at radius 3 is 2.47 bits per heavy atom. The highest BCUT2D eigenvalue weighted by Gasteiger charge is 2.09. The monoisotopic (exact) mass is 347 g/mol. The summed E-state index contributed by atoms with van der Waals surface area (Å²) in [6.45, 7) is 0. The van der Waals surface area contributed by atoms with Crippen LogP contribution in [-0.2, 0) is 6.42 Å². The predicted octanol–water partition coefficient (Wildman–Crippen LogP) is 2.85. The highest BCUT2D eigenvalue weighted by molar-refractivity contribution is 14.1. The molecule has 0 spiro atoms. The Kier molecular flexibility index (Phi) is 3.56. The Morgan fingerprint density at radius 2 is 1.88 bits per heavy atom. The molecule has 0 aliphatic rings. The van der Waals surface area contributed by atoms with E-state index in [1.165, 1.54) is 24.4 Å². The topological polar surface area (TPSA) is 32.9 Å². The van der Waals surface area contributed by atoms with E-state index in [1.54, 1.807) is 6.07 Å². The van der Waals surface area contributed by atoms with E-state index in [-0.39, 0.29) is 17.5 Å². The van der Waals surface area contributed by atoms with E-state index in [1.807, 2.05) is 22.6 Å². The molecular formula is C12H8F2INO. The van der Waals surface area contributed by atoms with E-state index in [0.717, 1.165) is 0 Å². The minimum Gasteiger partial charge on any atom is -0.328 e. The summed E-state index contributed by atoms with van der Waals surface area (Å²) >= 11 is 1.88. The van der Waals surface area contributed by atoms with Gasteiger partial charge in [0.1, 0.15) is 11.6 Å². The number of halogens is 3. The molecule has 1 heterocycles. The third-order valence-electron chi connectivity index (χ3n) is 2.36. The Balaban J connectivity index is 2.38. The molecule has 0 radical (unpaired) electrons. The number of hydrogen-bond acceptors (Lipinski definition) is 1. The van der Waals surface area contributed by atoms with Crippen LogP contribution in [0.2, 0.25) is 0 Å². The molecule has 0 amide bonds. The standard InChI is InChI=1S/C12H8F2INO/c13-9-2-1-3-10(14)8(9)4-7-5-11(15)12(17)16-6-7/h1-3,5-6H,4H2,(H,16,17). The zero-order valence-corrected chi connectivity index (χ0v) is 10.8. The maximum Gasteiger partial charge on any atom is 0.261 e. The molecule has 0 aliphatic heterocycles. The van der Waals surface area contributed by atoms with Gasteiger partial charge in [-0.1, -0.05) is 6.07 Å². The van der Waals surface area contributed by atoms with E-state index in [4.69, 9.17) is 0 Å². The molecular weight excluding hydrogens is 339 g/mol. The van der Waals surface area contributed by atoms with Gasteiger partial charge in [-0.15, -0.1) is 0 Å². The maximum absolute atomic E-state index is 13.4. The van der Waals surface area contributed by atoms with Crippen molar-refractivity contribution in [2.24, 2.45) is 0 Å². The lowest BCUT2D eigenvalue weighted by atomic mass is 10.1. The summed E-state index contributed by atoms with van der Waals surface area (Å²) in [6, 6.07) is 5.38. The second kappa shape index (κ2) is 4.95. The molecule has 0 aliphatic carbocycles. The van der Waals surface area contributed by atoms with Crippen molar-refractivity contribution >= 4 is 22.6 Å². The van der Waals surface area contributed by atoms with Crippen LogP contribution in [0.25, 0.3) is 0 Å². The summed E-state index contributed by atoms with van der Waals surface area (Å²) < 4.78 is 27.3. The van der Waals surface area contributed by atoms with Crippen LogP contribution in [0.4, 0.5) is 8.78 Å². The summed E-state index contributed by atoms with van der Waals surface area (Å²) in [4.78, 5) is 13.7. The Labute approximate surface area is 110 Å². The van der Waals surface area contributed by atoms with Gasteiger partial charge in [0.05, 0.1) is 3.57 Å². The Hall–Kier alpha value is -1.24. The van der Waals surface area contributed by atoms with E-state index in [2.05, 4.69) is 4.98 Å². The van der Waals surface area contributed by atoms with Crippen molar-refractivity contribution in [2.75, 3.05) is 0 Å². The third kappa shape index (κ3) is 2.71. The molecule has 5 heteroatoms. The largest absolute Gasteiger partial charge is 0.328 e. The summed E-state index contributed by atoms with van der Waals surface area (Å²) in [5.74, 6) is -1.16. The zero-order valence-electron chi connectivity index (χ0n) is 8.64. The smallest absolute Gasteiger partial charge is 0.261 e. The second-order valence-corrected chi connectivity index (χ2v) is 4.72. The Morgan fingerprint density at radius 1 is 1.24 bits per heavy atom. The minimum atomic E-state index is -0.578. The minimum absolute atomic E-state index is 0.00958. The molecule has 1 N–H and O–H groups in total. The molecule has 2 rings (SSSR count). The quantitative estimate of drug-likeness (QED) is 0.833. The van der Waals surface area contributed by atoms with E-state index >= 15 is 0 Å². The first-order valence-electron chi connectivity index (χ1n) is 4.88. The van der Waals surface area contributed by atoms with Gasteiger partial charge in [-0.2, -0.15) is 0 Å². The zero-order chi connectivity index (χ0) is 12.4. The molecule has 0 saturated heterocycles. The summed E-state index contributed by atoms with van der Waals surface area (Å²) in [5.41, 5.74) is 0.469. The lowest BCUT2D eigenvalue weighted by molar-refractivity contribution is 0.561. The highest BCUT2D eigenvalue weighted by Crippen LogP contribution is 2.16. The Bertz CT molecular complexity index is 589. The maximum atomic E-state index is 13.4. The average molecular weight is 347 g/mol. The fourth-order valence-corrected chi connectivity index (χ4v) is 2.06.